The molecule has 0 radical (unpaired) electrons. The molecule has 1 heterocycles. The van der Waals surface area contributed by atoms with Gasteiger partial charge in [0.05, 0.1) is 12.0 Å². The predicted octanol–water partition coefficient (Wildman–Crippen LogP) is 3.96. The number of hydrogen-bond donors (Lipinski definition) is 0. The summed E-state index contributed by atoms with van der Waals surface area (Å²) in [6.45, 7) is 0.645. The Bertz CT molecular complexity index is 627. The van der Waals surface area contributed by atoms with Crippen molar-refractivity contribution in [3.63, 3.8) is 0 Å². The summed E-state index contributed by atoms with van der Waals surface area (Å²) in [5.41, 5.74) is 1.31. The Balaban J connectivity index is 2.03. The second kappa shape index (κ2) is 5.71. The summed E-state index contributed by atoms with van der Waals surface area (Å²) in [7, 11) is 0. The molecule has 100 valence electrons. The largest absolute Gasteiger partial charge is 0.356 e. The maximum atomic E-state index is 6.51. The lowest BCUT2D eigenvalue weighted by Crippen LogP contribution is -2.31. The van der Waals surface area contributed by atoms with Crippen LogP contribution in [0.5, 0.6) is 0 Å². The molecule has 1 nitrogen and oxygen atoms in total. The molecule has 0 amide bonds. The highest BCUT2D eigenvalue weighted by molar-refractivity contribution is 6.21. The molecule has 20 heavy (non-hydrogen) atoms. The molecule has 2 aromatic rings. The van der Waals surface area contributed by atoms with Crippen molar-refractivity contribution in [1.82, 2.24) is 0 Å². The summed E-state index contributed by atoms with van der Waals surface area (Å²) in [6.07, 6.45) is 0.819. The van der Waals surface area contributed by atoms with Gasteiger partial charge in [-0.15, -0.1) is 11.6 Å². The van der Waals surface area contributed by atoms with Crippen LogP contribution >= 0.6 is 11.6 Å². The normalized spacial score (nSPS) is 24.9. The topological polar surface area (TPSA) is 9.23 Å². The number of ether oxygens (including phenoxy) is 1. The Labute approximate surface area is 124 Å². The maximum absolute atomic E-state index is 6.51. The van der Waals surface area contributed by atoms with Gasteiger partial charge in [-0.1, -0.05) is 60.4 Å². The first-order chi connectivity index (χ1) is 9.81. The first-order valence-corrected chi connectivity index (χ1v) is 7.17. The molecule has 0 N–H and O–H groups in total. The van der Waals surface area contributed by atoms with E-state index in [1.54, 1.807) is 0 Å². The fraction of sp³-hybridized carbons (Fsp3) is 0.222. The van der Waals surface area contributed by atoms with Crippen molar-refractivity contribution >= 4 is 11.6 Å². The Hall–Kier alpha value is -1.75. The standard InChI is InChI=1S/C18H15ClO/c19-17-12-14-20-18(17,16-9-5-2-6-10-16)13-11-15-7-3-1-4-8-15/h1-10,17H,12,14H2/t17-,18+/m1/s1. The van der Waals surface area contributed by atoms with Gasteiger partial charge in [-0.2, -0.15) is 0 Å². The lowest BCUT2D eigenvalue weighted by Gasteiger charge is -2.26. The molecule has 1 saturated heterocycles. The number of hydrogen-bond acceptors (Lipinski definition) is 1. The molecule has 1 fully saturated rings. The lowest BCUT2D eigenvalue weighted by atomic mass is 9.90. The van der Waals surface area contributed by atoms with Crippen LogP contribution in [0.2, 0.25) is 0 Å². The first-order valence-electron chi connectivity index (χ1n) is 6.73. The molecular weight excluding hydrogens is 268 g/mol. The van der Waals surface area contributed by atoms with Crippen molar-refractivity contribution in [3.8, 4) is 11.8 Å². The van der Waals surface area contributed by atoms with Gasteiger partial charge in [-0.3, -0.25) is 0 Å². The first kappa shape index (κ1) is 13.2. The van der Waals surface area contributed by atoms with Crippen LogP contribution in [-0.4, -0.2) is 12.0 Å². The highest BCUT2D eigenvalue weighted by Gasteiger charge is 2.43. The van der Waals surface area contributed by atoms with E-state index in [1.165, 1.54) is 0 Å². The van der Waals surface area contributed by atoms with E-state index in [2.05, 4.69) is 11.8 Å². The van der Waals surface area contributed by atoms with Crippen LogP contribution in [0.1, 0.15) is 17.5 Å². The van der Waals surface area contributed by atoms with E-state index in [4.69, 9.17) is 16.3 Å². The Kier molecular flexibility index (Phi) is 3.78. The van der Waals surface area contributed by atoms with E-state index < -0.39 is 5.60 Å². The second-order valence-electron chi connectivity index (χ2n) is 4.82. The summed E-state index contributed by atoms with van der Waals surface area (Å²) in [4.78, 5) is 0. The van der Waals surface area contributed by atoms with Gasteiger partial charge in [-0.25, -0.2) is 0 Å². The van der Waals surface area contributed by atoms with Crippen LogP contribution in [0.4, 0.5) is 0 Å². The van der Waals surface area contributed by atoms with Crippen molar-refractivity contribution in [2.75, 3.05) is 6.61 Å². The molecule has 2 atom stereocenters. The minimum Gasteiger partial charge on any atom is -0.356 e. The van der Waals surface area contributed by atoms with Crippen LogP contribution in [-0.2, 0) is 10.3 Å². The van der Waals surface area contributed by atoms with E-state index >= 15 is 0 Å². The van der Waals surface area contributed by atoms with Crippen molar-refractivity contribution in [2.24, 2.45) is 0 Å². The zero-order valence-electron chi connectivity index (χ0n) is 11.1. The minimum atomic E-state index is -0.696. The minimum absolute atomic E-state index is 0.124. The zero-order chi connectivity index (χ0) is 13.8. The maximum Gasteiger partial charge on any atom is 0.170 e. The van der Waals surface area contributed by atoms with Crippen molar-refractivity contribution in [2.45, 2.75) is 17.4 Å². The Morgan fingerprint density at radius 2 is 1.65 bits per heavy atom. The van der Waals surface area contributed by atoms with Gasteiger partial charge in [0.25, 0.3) is 0 Å². The fourth-order valence-electron chi connectivity index (χ4n) is 2.44. The van der Waals surface area contributed by atoms with Crippen molar-refractivity contribution < 1.29 is 4.74 Å². The molecule has 0 aromatic heterocycles. The molecule has 1 aliphatic rings. The Morgan fingerprint density at radius 3 is 2.25 bits per heavy atom. The van der Waals surface area contributed by atoms with Crippen LogP contribution in [0, 0.1) is 11.8 Å². The SMILES string of the molecule is Cl[C@@H]1CCO[C@@]1(C#Cc1ccccc1)c1ccccc1. The molecule has 0 unspecified atom stereocenters. The van der Waals surface area contributed by atoms with Crippen LogP contribution < -0.4 is 0 Å². The molecule has 3 rings (SSSR count). The molecule has 0 spiro atoms. The molecule has 1 aliphatic heterocycles. The third-order valence-corrected chi connectivity index (χ3v) is 4.04. The number of benzene rings is 2. The van der Waals surface area contributed by atoms with E-state index in [9.17, 15) is 0 Å². The molecular formula is C18H15ClO. The summed E-state index contributed by atoms with van der Waals surface area (Å²) in [5.74, 6) is 6.47. The van der Waals surface area contributed by atoms with E-state index in [1.807, 2.05) is 60.7 Å². The van der Waals surface area contributed by atoms with Gasteiger partial charge in [0.15, 0.2) is 5.60 Å². The van der Waals surface area contributed by atoms with E-state index in [-0.39, 0.29) is 5.38 Å². The number of rotatable bonds is 1. The summed E-state index contributed by atoms with van der Waals surface area (Å²) in [5, 5.41) is -0.124. The number of alkyl halides is 1. The van der Waals surface area contributed by atoms with Gasteiger partial charge in [-0.05, 0) is 24.1 Å². The Morgan fingerprint density at radius 1 is 1.00 bits per heavy atom. The monoisotopic (exact) mass is 282 g/mol. The smallest absolute Gasteiger partial charge is 0.170 e. The predicted molar refractivity (Wildman–Crippen MR) is 81.7 cm³/mol. The van der Waals surface area contributed by atoms with Gasteiger partial charge in [0, 0.05) is 5.56 Å². The third-order valence-electron chi connectivity index (χ3n) is 3.51. The van der Waals surface area contributed by atoms with Crippen molar-refractivity contribution in [3.05, 3.63) is 71.8 Å². The quantitative estimate of drug-likeness (QED) is 0.568. The fourth-order valence-corrected chi connectivity index (χ4v) is 2.77. The van der Waals surface area contributed by atoms with Gasteiger partial charge in [0.1, 0.15) is 0 Å². The molecule has 2 aromatic carbocycles. The molecule has 2 heteroatoms. The van der Waals surface area contributed by atoms with Crippen LogP contribution in [0.15, 0.2) is 60.7 Å². The zero-order valence-corrected chi connectivity index (χ0v) is 11.8. The van der Waals surface area contributed by atoms with E-state index in [0.717, 1.165) is 17.5 Å². The molecule has 0 bridgehead atoms. The summed E-state index contributed by atoms with van der Waals surface area (Å²) in [6, 6.07) is 19.9. The average Bonchev–Trinajstić information content (AvgIpc) is 2.89. The number of halogens is 1. The van der Waals surface area contributed by atoms with Gasteiger partial charge in [0.2, 0.25) is 0 Å². The highest BCUT2D eigenvalue weighted by Crippen LogP contribution is 2.39. The van der Waals surface area contributed by atoms with E-state index in [0.29, 0.717) is 6.61 Å². The highest BCUT2D eigenvalue weighted by atomic mass is 35.5. The second-order valence-corrected chi connectivity index (χ2v) is 5.35. The third kappa shape index (κ3) is 2.45. The van der Waals surface area contributed by atoms with Gasteiger partial charge >= 0.3 is 0 Å². The summed E-state index contributed by atoms with van der Waals surface area (Å²) >= 11 is 6.51. The summed E-state index contributed by atoms with van der Waals surface area (Å²) < 4.78 is 5.96. The van der Waals surface area contributed by atoms with Crippen LogP contribution in [0.3, 0.4) is 0 Å². The molecule has 0 saturated carbocycles. The van der Waals surface area contributed by atoms with Crippen LogP contribution in [0.25, 0.3) is 0 Å². The van der Waals surface area contributed by atoms with Gasteiger partial charge < -0.3 is 4.74 Å². The average molecular weight is 283 g/mol. The van der Waals surface area contributed by atoms with Crippen molar-refractivity contribution in [1.29, 1.82) is 0 Å². The molecule has 0 aliphatic carbocycles. The lowest BCUT2D eigenvalue weighted by molar-refractivity contribution is 0.0531.